The Morgan fingerprint density at radius 1 is 1.00 bits per heavy atom. The Kier molecular flexibility index (Phi) is 9.04. The topological polar surface area (TPSA) is 88.6 Å². The van der Waals surface area contributed by atoms with Crippen LogP contribution in [0.2, 0.25) is 0 Å². The Balaban J connectivity index is 1.70. The van der Waals surface area contributed by atoms with Crippen molar-refractivity contribution in [3.8, 4) is 17.0 Å². The number of thiazole rings is 1. The van der Waals surface area contributed by atoms with Gasteiger partial charge in [0.05, 0.1) is 17.2 Å². The SMILES string of the molecule is CCOc1ccc(-c2csc(NC(=O)c3ccc(S(=O)(=O)N(CC(C)C)CC(C)C)cc3)n2)cc1. The summed E-state index contributed by atoms with van der Waals surface area (Å²) in [5.74, 6) is 0.864. The van der Waals surface area contributed by atoms with Gasteiger partial charge in [0, 0.05) is 29.6 Å². The van der Waals surface area contributed by atoms with Crippen molar-refractivity contribution in [2.75, 3.05) is 25.0 Å². The summed E-state index contributed by atoms with van der Waals surface area (Å²) >= 11 is 1.33. The first-order valence-electron chi connectivity index (χ1n) is 11.7. The fraction of sp³-hybridized carbons (Fsp3) is 0.385. The summed E-state index contributed by atoms with van der Waals surface area (Å²) in [5.41, 5.74) is 2.04. The number of amides is 1. The highest BCUT2D eigenvalue weighted by Crippen LogP contribution is 2.27. The molecule has 7 nitrogen and oxygen atoms in total. The fourth-order valence-corrected chi connectivity index (χ4v) is 6.02. The van der Waals surface area contributed by atoms with E-state index in [1.807, 2.05) is 64.3 Å². The van der Waals surface area contributed by atoms with Crippen molar-refractivity contribution >= 4 is 32.4 Å². The summed E-state index contributed by atoms with van der Waals surface area (Å²) < 4.78 is 33.3. The number of nitrogens with zero attached hydrogens (tertiary/aromatic N) is 2. The third-order valence-corrected chi connectivity index (χ3v) is 7.68. The lowest BCUT2D eigenvalue weighted by Gasteiger charge is -2.25. The number of nitrogens with one attached hydrogen (secondary N) is 1. The number of hydrogen-bond acceptors (Lipinski definition) is 6. The molecular formula is C26H33N3O4S2. The summed E-state index contributed by atoms with van der Waals surface area (Å²) in [6.45, 7) is 11.4. The first kappa shape index (κ1) is 26.8. The number of aromatic nitrogens is 1. The smallest absolute Gasteiger partial charge is 0.257 e. The molecule has 188 valence electrons. The molecule has 0 atom stereocenters. The molecule has 0 aliphatic carbocycles. The van der Waals surface area contributed by atoms with Crippen LogP contribution in [0, 0.1) is 11.8 Å². The number of ether oxygens (including phenoxy) is 1. The third-order valence-electron chi connectivity index (χ3n) is 5.08. The zero-order chi connectivity index (χ0) is 25.6. The molecule has 0 saturated carbocycles. The highest BCUT2D eigenvalue weighted by Gasteiger charge is 2.26. The van der Waals surface area contributed by atoms with Gasteiger partial charge in [-0.05, 0) is 67.3 Å². The predicted molar refractivity (Wildman–Crippen MR) is 142 cm³/mol. The molecule has 2 aromatic carbocycles. The molecule has 9 heteroatoms. The van der Waals surface area contributed by atoms with Crippen LogP contribution in [-0.2, 0) is 10.0 Å². The zero-order valence-corrected chi connectivity index (χ0v) is 22.4. The molecule has 1 N–H and O–H groups in total. The first-order chi connectivity index (χ1) is 16.6. The number of rotatable bonds is 11. The van der Waals surface area contributed by atoms with Crippen LogP contribution in [-0.4, -0.2) is 43.3 Å². The van der Waals surface area contributed by atoms with Crippen molar-refractivity contribution < 1.29 is 17.9 Å². The number of carbonyl (C=O) groups excluding carboxylic acids is 1. The van der Waals surface area contributed by atoms with E-state index in [-0.39, 0.29) is 22.6 Å². The van der Waals surface area contributed by atoms with Gasteiger partial charge < -0.3 is 4.74 Å². The van der Waals surface area contributed by atoms with Gasteiger partial charge in [-0.25, -0.2) is 13.4 Å². The lowest BCUT2D eigenvalue weighted by Crippen LogP contribution is -2.37. The highest BCUT2D eigenvalue weighted by molar-refractivity contribution is 7.89. The van der Waals surface area contributed by atoms with E-state index in [2.05, 4.69) is 10.3 Å². The number of benzene rings is 2. The van der Waals surface area contributed by atoms with E-state index in [0.29, 0.717) is 30.4 Å². The molecule has 3 aromatic rings. The molecule has 35 heavy (non-hydrogen) atoms. The maximum Gasteiger partial charge on any atom is 0.257 e. The van der Waals surface area contributed by atoms with E-state index < -0.39 is 10.0 Å². The summed E-state index contributed by atoms with van der Waals surface area (Å²) in [6.07, 6.45) is 0. The van der Waals surface area contributed by atoms with Crippen molar-refractivity contribution in [1.82, 2.24) is 9.29 Å². The fourth-order valence-electron chi connectivity index (χ4n) is 3.53. The minimum absolute atomic E-state index is 0.183. The second-order valence-electron chi connectivity index (χ2n) is 9.08. The average Bonchev–Trinajstić information content (AvgIpc) is 3.27. The van der Waals surface area contributed by atoms with Crippen molar-refractivity contribution in [2.45, 2.75) is 39.5 Å². The summed E-state index contributed by atoms with van der Waals surface area (Å²) in [7, 11) is -3.64. The van der Waals surface area contributed by atoms with Gasteiger partial charge >= 0.3 is 0 Å². The molecule has 0 bridgehead atoms. The molecule has 0 radical (unpaired) electrons. The normalized spacial score (nSPS) is 11.9. The number of carbonyl (C=O) groups is 1. The van der Waals surface area contributed by atoms with Crippen molar-refractivity contribution in [3.05, 3.63) is 59.5 Å². The van der Waals surface area contributed by atoms with Gasteiger partial charge in [-0.2, -0.15) is 4.31 Å². The molecule has 0 aliphatic rings. The van der Waals surface area contributed by atoms with Gasteiger partial charge in [0.2, 0.25) is 10.0 Å². The van der Waals surface area contributed by atoms with E-state index >= 15 is 0 Å². The lowest BCUT2D eigenvalue weighted by molar-refractivity contribution is 0.102. The van der Waals surface area contributed by atoms with Crippen LogP contribution >= 0.6 is 11.3 Å². The van der Waals surface area contributed by atoms with Gasteiger partial charge in [0.15, 0.2) is 5.13 Å². The predicted octanol–water partition coefficient (Wildman–Crippen LogP) is 5.76. The van der Waals surface area contributed by atoms with Crippen LogP contribution in [0.15, 0.2) is 58.8 Å². The third kappa shape index (κ3) is 7.13. The van der Waals surface area contributed by atoms with Crippen molar-refractivity contribution in [1.29, 1.82) is 0 Å². The standard InChI is InChI=1S/C26H33N3O4S2/c1-6-33-22-11-7-20(8-12-22)24-17-34-26(27-24)28-25(30)21-9-13-23(14-10-21)35(31,32)29(15-18(2)3)16-19(4)5/h7-14,17-19H,6,15-16H2,1-5H3,(H,27,28,30). The molecule has 3 rings (SSSR count). The minimum atomic E-state index is -3.64. The van der Waals surface area contributed by atoms with E-state index in [1.54, 1.807) is 0 Å². The summed E-state index contributed by atoms with van der Waals surface area (Å²) in [4.78, 5) is 17.4. The molecule has 0 fully saturated rings. The first-order valence-corrected chi connectivity index (χ1v) is 14.0. The monoisotopic (exact) mass is 515 g/mol. The highest BCUT2D eigenvalue weighted by atomic mass is 32.2. The van der Waals surface area contributed by atoms with Gasteiger partial charge in [-0.3, -0.25) is 10.1 Å². The van der Waals surface area contributed by atoms with Crippen LogP contribution in [0.25, 0.3) is 11.3 Å². The van der Waals surface area contributed by atoms with Crippen LogP contribution in [0.1, 0.15) is 45.0 Å². The van der Waals surface area contributed by atoms with Crippen molar-refractivity contribution in [2.24, 2.45) is 11.8 Å². The van der Waals surface area contributed by atoms with Gasteiger partial charge in [0.25, 0.3) is 5.91 Å². The van der Waals surface area contributed by atoms with E-state index in [0.717, 1.165) is 17.0 Å². The number of anilines is 1. The molecule has 0 aliphatic heterocycles. The zero-order valence-electron chi connectivity index (χ0n) is 20.8. The van der Waals surface area contributed by atoms with Crippen LogP contribution in [0.4, 0.5) is 5.13 Å². The Hall–Kier alpha value is -2.75. The number of sulfonamides is 1. The largest absolute Gasteiger partial charge is 0.494 e. The van der Waals surface area contributed by atoms with Gasteiger partial charge in [-0.1, -0.05) is 27.7 Å². The van der Waals surface area contributed by atoms with Gasteiger partial charge in [0.1, 0.15) is 5.75 Å². The van der Waals surface area contributed by atoms with E-state index in [9.17, 15) is 13.2 Å². The van der Waals surface area contributed by atoms with Crippen LogP contribution < -0.4 is 10.1 Å². The second-order valence-corrected chi connectivity index (χ2v) is 11.9. The molecule has 0 saturated heterocycles. The Morgan fingerprint density at radius 2 is 1.60 bits per heavy atom. The van der Waals surface area contributed by atoms with Crippen molar-refractivity contribution in [3.63, 3.8) is 0 Å². The van der Waals surface area contributed by atoms with Crippen LogP contribution in [0.3, 0.4) is 0 Å². The number of hydrogen-bond donors (Lipinski definition) is 1. The summed E-state index contributed by atoms with van der Waals surface area (Å²) in [5, 5.41) is 5.14. The Morgan fingerprint density at radius 3 is 2.14 bits per heavy atom. The van der Waals surface area contributed by atoms with E-state index in [1.165, 1.54) is 39.9 Å². The Bertz CT molecular complexity index is 1210. The molecule has 0 spiro atoms. The quantitative estimate of drug-likeness (QED) is 0.351. The average molecular weight is 516 g/mol. The molecule has 1 heterocycles. The van der Waals surface area contributed by atoms with Crippen LogP contribution in [0.5, 0.6) is 5.75 Å². The molecule has 1 aromatic heterocycles. The molecule has 0 unspecified atom stereocenters. The van der Waals surface area contributed by atoms with Gasteiger partial charge in [-0.15, -0.1) is 11.3 Å². The maximum absolute atomic E-state index is 13.2. The second kappa shape index (κ2) is 11.8. The maximum atomic E-state index is 13.2. The minimum Gasteiger partial charge on any atom is -0.494 e. The Labute approximate surface area is 212 Å². The summed E-state index contributed by atoms with van der Waals surface area (Å²) in [6, 6.07) is 13.7. The molecular weight excluding hydrogens is 482 g/mol. The van der Waals surface area contributed by atoms with E-state index in [4.69, 9.17) is 4.74 Å². The molecule has 1 amide bonds. The lowest BCUT2D eigenvalue weighted by atomic mass is 10.2.